The van der Waals surface area contributed by atoms with E-state index < -0.39 is 0 Å². The van der Waals surface area contributed by atoms with E-state index in [-0.39, 0.29) is 24.2 Å². The molecule has 5 heteroatoms. The maximum Gasteiger partial charge on any atom is 0.136 e. The fourth-order valence-electron chi connectivity index (χ4n) is 1.69. The number of phenols is 1. The normalized spacial score (nSPS) is 16.7. The van der Waals surface area contributed by atoms with Crippen LogP contribution in [0.5, 0.6) is 5.75 Å². The molecule has 0 saturated heterocycles. The molecule has 90 valence electrons. The highest BCUT2D eigenvalue weighted by atomic mass is 79.9. The molecule has 0 unspecified atom stereocenters. The third kappa shape index (κ3) is 3.04. The van der Waals surface area contributed by atoms with Crippen LogP contribution in [-0.4, -0.2) is 5.11 Å². The van der Waals surface area contributed by atoms with Crippen molar-refractivity contribution in [1.29, 1.82) is 0 Å². The van der Waals surface area contributed by atoms with Crippen LogP contribution in [0.2, 0.25) is 5.02 Å². The van der Waals surface area contributed by atoms with Gasteiger partial charge in [-0.05, 0) is 34.3 Å². The van der Waals surface area contributed by atoms with Crippen molar-refractivity contribution in [3.63, 3.8) is 0 Å². The summed E-state index contributed by atoms with van der Waals surface area (Å²) in [5.41, 5.74) is 6.81. The van der Waals surface area contributed by atoms with Gasteiger partial charge in [0.1, 0.15) is 5.75 Å². The molecule has 3 N–H and O–H groups in total. The van der Waals surface area contributed by atoms with Crippen LogP contribution >= 0.6 is 39.9 Å². The molecule has 1 aliphatic carbocycles. The molecule has 1 fully saturated rings. The van der Waals surface area contributed by atoms with Crippen LogP contribution < -0.4 is 5.73 Å². The van der Waals surface area contributed by atoms with Gasteiger partial charge in [0.25, 0.3) is 0 Å². The zero-order chi connectivity index (χ0) is 11.0. The van der Waals surface area contributed by atoms with Gasteiger partial charge in [-0.25, -0.2) is 0 Å². The van der Waals surface area contributed by atoms with Gasteiger partial charge in [0.05, 0.1) is 9.50 Å². The summed E-state index contributed by atoms with van der Waals surface area (Å²) in [4.78, 5) is 0. The van der Waals surface area contributed by atoms with E-state index in [2.05, 4.69) is 15.9 Å². The minimum Gasteiger partial charge on any atom is -0.506 e. The van der Waals surface area contributed by atoms with Crippen LogP contribution in [0.25, 0.3) is 0 Å². The Bertz CT molecular complexity index is 382. The molecule has 2 rings (SSSR count). The number of aromatic hydroxyl groups is 1. The molecule has 1 atom stereocenters. The first kappa shape index (κ1) is 14.1. The summed E-state index contributed by atoms with van der Waals surface area (Å²) in [6.45, 7) is 0. The summed E-state index contributed by atoms with van der Waals surface area (Å²) in [6, 6.07) is 3.47. The Morgan fingerprint density at radius 1 is 1.50 bits per heavy atom. The van der Waals surface area contributed by atoms with Crippen LogP contribution in [0.3, 0.4) is 0 Å². The Hall–Kier alpha value is 0.0400. The van der Waals surface area contributed by atoms with Crippen molar-refractivity contribution in [3.05, 3.63) is 27.2 Å². The summed E-state index contributed by atoms with van der Waals surface area (Å²) in [5.74, 6) is 0.921. The maximum absolute atomic E-state index is 9.87. The van der Waals surface area contributed by atoms with Gasteiger partial charge in [0, 0.05) is 11.6 Å². The van der Waals surface area contributed by atoms with E-state index in [1.165, 1.54) is 12.8 Å². The molecule has 1 aromatic rings. The van der Waals surface area contributed by atoms with Crippen molar-refractivity contribution < 1.29 is 5.11 Å². The van der Waals surface area contributed by atoms with Crippen molar-refractivity contribution >= 4 is 39.9 Å². The van der Waals surface area contributed by atoms with Crippen LogP contribution in [0.15, 0.2) is 16.6 Å². The van der Waals surface area contributed by atoms with Crippen molar-refractivity contribution in [1.82, 2.24) is 0 Å². The molecule has 0 aromatic heterocycles. The second kappa shape index (κ2) is 5.58. The monoisotopic (exact) mass is 325 g/mol. The molecule has 16 heavy (non-hydrogen) atoms. The van der Waals surface area contributed by atoms with E-state index in [4.69, 9.17) is 17.3 Å². The molecule has 0 bridgehead atoms. The van der Waals surface area contributed by atoms with E-state index in [1.807, 2.05) is 0 Å². The van der Waals surface area contributed by atoms with E-state index in [9.17, 15) is 5.11 Å². The van der Waals surface area contributed by atoms with Crippen molar-refractivity contribution in [2.45, 2.75) is 25.3 Å². The Kier molecular flexibility index (Phi) is 4.92. The number of hydrogen-bond donors (Lipinski definition) is 2. The Morgan fingerprint density at radius 2 is 2.12 bits per heavy atom. The number of nitrogens with two attached hydrogens (primary N) is 1. The van der Waals surface area contributed by atoms with E-state index in [1.54, 1.807) is 12.1 Å². The maximum atomic E-state index is 9.87. The standard InChI is InChI=1S/C11H13BrClNO.ClH/c12-10-8(13)4-3-7(11(10)15)9(14)5-6-1-2-6;/h3-4,6,9,15H,1-2,5,14H2;1H/t9-;/m1./s1. The van der Waals surface area contributed by atoms with Gasteiger partial charge < -0.3 is 10.8 Å². The minimum atomic E-state index is -0.0916. The molecule has 1 aromatic carbocycles. The number of rotatable bonds is 3. The highest BCUT2D eigenvalue weighted by Gasteiger charge is 2.26. The first-order chi connectivity index (χ1) is 7.09. The predicted molar refractivity (Wildman–Crippen MR) is 72.3 cm³/mol. The third-order valence-electron chi connectivity index (χ3n) is 2.78. The summed E-state index contributed by atoms with van der Waals surface area (Å²) in [6.07, 6.45) is 3.48. The Balaban J connectivity index is 0.00000128. The molecular weight excluding hydrogens is 313 g/mol. The van der Waals surface area contributed by atoms with Gasteiger partial charge in [-0.2, -0.15) is 0 Å². The quantitative estimate of drug-likeness (QED) is 0.880. The molecule has 0 aliphatic heterocycles. The number of halogens is 3. The third-order valence-corrected chi connectivity index (χ3v) is 4.13. The minimum absolute atomic E-state index is 0. The fraction of sp³-hybridized carbons (Fsp3) is 0.455. The summed E-state index contributed by atoms with van der Waals surface area (Å²) < 4.78 is 0.535. The number of benzene rings is 1. The van der Waals surface area contributed by atoms with Gasteiger partial charge in [-0.1, -0.05) is 30.5 Å². The zero-order valence-corrected chi connectivity index (χ0v) is 11.8. The SMILES string of the molecule is Cl.N[C@H](CC1CC1)c1ccc(Cl)c(Br)c1O. The van der Waals surface area contributed by atoms with E-state index in [0.29, 0.717) is 9.50 Å². The number of hydrogen-bond acceptors (Lipinski definition) is 2. The highest BCUT2D eigenvalue weighted by molar-refractivity contribution is 9.10. The smallest absolute Gasteiger partial charge is 0.136 e. The topological polar surface area (TPSA) is 46.2 Å². The molecule has 0 heterocycles. The first-order valence-corrected chi connectivity index (χ1v) is 6.19. The van der Waals surface area contributed by atoms with Crippen LogP contribution in [0.4, 0.5) is 0 Å². The first-order valence-electron chi connectivity index (χ1n) is 5.02. The van der Waals surface area contributed by atoms with E-state index >= 15 is 0 Å². The van der Waals surface area contributed by atoms with Crippen molar-refractivity contribution in [3.8, 4) is 5.75 Å². The molecular formula is C11H14BrCl2NO. The number of phenolic OH excluding ortho intramolecular Hbond substituents is 1. The Labute approximate surface area is 115 Å². The van der Waals surface area contributed by atoms with Gasteiger partial charge in [-0.3, -0.25) is 0 Å². The van der Waals surface area contributed by atoms with Crippen LogP contribution in [-0.2, 0) is 0 Å². The van der Waals surface area contributed by atoms with E-state index in [0.717, 1.165) is 17.9 Å². The van der Waals surface area contributed by atoms with Gasteiger partial charge in [0.2, 0.25) is 0 Å². The second-order valence-electron chi connectivity index (χ2n) is 4.08. The van der Waals surface area contributed by atoms with Gasteiger partial charge >= 0.3 is 0 Å². The zero-order valence-electron chi connectivity index (χ0n) is 8.62. The largest absolute Gasteiger partial charge is 0.506 e. The predicted octanol–water partition coefficient (Wildman–Crippen LogP) is 4.03. The molecule has 2 nitrogen and oxygen atoms in total. The van der Waals surface area contributed by atoms with Gasteiger partial charge in [0.15, 0.2) is 0 Å². The lowest BCUT2D eigenvalue weighted by molar-refractivity contribution is 0.452. The molecule has 1 saturated carbocycles. The Morgan fingerprint density at radius 3 is 2.69 bits per heavy atom. The van der Waals surface area contributed by atoms with Crippen LogP contribution in [0.1, 0.15) is 30.9 Å². The van der Waals surface area contributed by atoms with Gasteiger partial charge in [-0.15, -0.1) is 12.4 Å². The molecule has 1 aliphatic rings. The summed E-state index contributed by atoms with van der Waals surface area (Å²) in [5, 5.41) is 10.4. The van der Waals surface area contributed by atoms with Crippen LogP contribution in [0, 0.1) is 5.92 Å². The van der Waals surface area contributed by atoms with Crippen molar-refractivity contribution in [2.24, 2.45) is 11.7 Å². The molecule has 0 radical (unpaired) electrons. The molecule has 0 amide bonds. The summed E-state index contributed by atoms with van der Waals surface area (Å²) >= 11 is 9.10. The fourth-order valence-corrected chi connectivity index (χ4v) is 2.21. The lowest BCUT2D eigenvalue weighted by Gasteiger charge is -2.14. The average molecular weight is 327 g/mol. The lowest BCUT2D eigenvalue weighted by Crippen LogP contribution is -2.11. The molecule has 0 spiro atoms. The van der Waals surface area contributed by atoms with Crippen molar-refractivity contribution in [2.75, 3.05) is 0 Å². The lowest BCUT2D eigenvalue weighted by atomic mass is 10.0. The second-order valence-corrected chi connectivity index (χ2v) is 5.28. The summed E-state index contributed by atoms with van der Waals surface area (Å²) in [7, 11) is 0. The highest BCUT2D eigenvalue weighted by Crippen LogP contribution is 2.41. The average Bonchev–Trinajstić information content (AvgIpc) is 2.98.